The van der Waals surface area contributed by atoms with Crippen LogP contribution in [0.1, 0.15) is 11.5 Å². The maximum atomic E-state index is 12.7. The van der Waals surface area contributed by atoms with Crippen molar-refractivity contribution >= 4 is 72.5 Å². The van der Waals surface area contributed by atoms with E-state index in [-0.39, 0.29) is 16.7 Å². The number of sulfone groups is 1. The number of rotatable bonds is 4. The molecule has 3 aromatic rings. The van der Waals surface area contributed by atoms with Gasteiger partial charge in [-0.15, -0.1) is 0 Å². The maximum Gasteiger partial charge on any atom is 0.433 e. The molecule has 12 heteroatoms. The summed E-state index contributed by atoms with van der Waals surface area (Å²) in [6.07, 6.45) is 0.896. The van der Waals surface area contributed by atoms with Crippen LogP contribution >= 0.6 is 34.8 Å². The molecule has 3 rings (SSSR count). The fraction of sp³-hybridized carbons (Fsp3) is 0.0625. The monoisotopic (exact) mass is 463 g/mol. The fourth-order valence-electron chi connectivity index (χ4n) is 2.29. The third-order valence-corrected chi connectivity index (χ3v) is 6.87. The van der Waals surface area contributed by atoms with Gasteiger partial charge in [-0.2, -0.15) is 0 Å². The second-order valence-corrected chi connectivity index (χ2v) is 10.4. The van der Waals surface area contributed by atoms with Gasteiger partial charge in [-0.1, -0.05) is 46.9 Å². The van der Waals surface area contributed by atoms with Gasteiger partial charge in [0.25, 0.3) is 3.12 Å². The van der Waals surface area contributed by atoms with E-state index in [4.69, 9.17) is 43.6 Å². The summed E-state index contributed by atoms with van der Waals surface area (Å²) in [5.41, 5.74) is -0.249. The summed E-state index contributed by atoms with van der Waals surface area (Å²) >= 11 is 16.7. The van der Waals surface area contributed by atoms with Gasteiger partial charge in [-0.25, -0.2) is 8.42 Å². The minimum absolute atomic E-state index is 0.185. The molecule has 0 amide bonds. The summed E-state index contributed by atoms with van der Waals surface area (Å²) in [6, 6.07) is 9.29. The first-order valence-corrected chi connectivity index (χ1v) is 9.93. The fourth-order valence-corrected chi connectivity index (χ4v) is 3.93. The van der Waals surface area contributed by atoms with E-state index in [1.807, 2.05) is 0 Å². The summed E-state index contributed by atoms with van der Waals surface area (Å²) in [7, 11) is -4.69. The van der Waals surface area contributed by atoms with Crippen molar-refractivity contribution in [1.82, 2.24) is 0 Å². The molecule has 0 spiro atoms. The van der Waals surface area contributed by atoms with Crippen molar-refractivity contribution in [1.29, 1.82) is 0 Å². The number of halogens is 3. The number of benzene rings is 1. The van der Waals surface area contributed by atoms with E-state index < -0.39 is 39.9 Å². The molecular formula is C16H8Cl3NO7S. The van der Waals surface area contributed by atoms with Crippen LogP contribution < -0.4 is 5.43 Å². The van der Waals surface area contributed by atoms with Crippen molar-refractivity contribution < 1.29 is 22.2 Å². The average Bonchev–Trinajstić information content (AvgIpc) is 3.08. The highest BCUT2D eigenvalue weighted by molar-refractivity contribution is 8.05. The van der Waals surface area contributed by atoms with Crippen molar-refractivity contribution in [3.8, 4) is 0 Å². The van der Waals surface area contributed by atoms with E-state index in [1.54, 1.807) is 12.1 Å². The van der Waals surface area contributed by atoms with E-state index in [0.717, 1.165) is 24.3 Å². The number of furan rings is 1. The number of hydrogen-bond acceptors (Lipinski definition) is 7. The smallest absolute Gasteiger partial charge is 0.433 e. The topological polar surface area (TPSA) is 121 Å². The largest absolute Gasteiger partial charge is 0.456 e. The molecule has 0 saturated heterocycles. The van der Waals surface area contributed by atoms with Crippen molar-refractivity contribution in [2.45, 2.75) is 3.12 Å². The Morgan fingerprint density at radius 3 is 2.39 bits per heavy atom. The lowest BCUT2D eigenvalue weighted by Gasteiger charge is -2.13. The van der Waals surface area contributed by atoms with E-state index in [1.165, 1.54) is 12.1 Å². The molecule has 0 aliphatic rings. The first-order valence-electron chi connectivity index (χ1n) is 7.31. The lowest BCUT2D eigenvalue weighted by Crippen LogP contribution is -2.20. The highest BCUT2D eigenvalue weighted by atomic mass is 35.6. The van der Waals surface area contributed by atoms with Gasteiger partial charge in [0.15, 0.2) is 11.2 Å². The molecule has 2 aromatic heterocycles. The van der Waals surface area contributed by atoms with Gasteiger partial charge < -0.3 is 8.83 Å². The van der Waals surface area contributed by atoms with Crippen molar-refractivity contribution in [3.63, 3.8) is 0 Å². The molecule has 0 bridgehead atoms. The van der Waals surface area contributed by atoms with Gasteiger partial charge in [-0.3, -0.25) is 14.9 Å². The van der Waals surface area contributed by atoms with Crippen LogP contribution in [0, 0.1) is 10.1 Å². The average molecular weight is 465 g/mol. The lowest BCUT2D eigenvalue weighted by molar-refractivity contribution is -0.402. The molecule has 0 saturated carbocycles. The Bertz CT molecular complexity index is 1270. The van der Waals surface area contributed by atoms with Crippen LogP contribution in [0.4, 0.5) is 5.88 Å². The Morgan fingerprint density at radius 2 is 1.79 bits per heavy atom. The van der Waals surface area contributed by atoms with Crippen molar-refractivity contribution in [2.75, 3.05) is 0 Å². The molecule has 0 atom stereocenters. The zero-order chi connectivity index (χ0) is 20.7. The number of fused-ring (bicyclic) bond motifs is 1. The number of nitro groups is 1. The highest BCUT2D eigenvalue weighted by Gasteiger charge is 2.43. The maximum absolute atomic E-state index is 12.7. The van der Waals surface area contributed by atoms with Crippen LogP contribution in [0.3, 0.4) is 0 Å². The summed E-state index contributed by atoms with van der Waals surface area (Å²) < 4.78 is 33.0. The van der Waals surface area contributed by atoms with Gasteiger partial charge in [0.2, 0.25) is 9.84 Å². The number of para-hydroxylation sites is 1. The minimum atomic E-state index is -4.69. The van der Waals surface area contributed by atoms with Crippen LogP contribution in [0.15, 0.2) is 56.1 Å². The molecule has 0 aliphatic heterocycles. The predicted molar refractivity (Wildman–Crippen MR) is 105 cm³/mol. The second-order valence-electron chi connectivity index (χ2n) is 5.36. The standard InChI is InChI=1S/C16H8Cl3NO7S/c17-16(18,19)28(24,25)14(13-5-6-15(27-13)20(22)23)8-9-7-11(21)10-3-1-2-4-12(10)26-9/h1-8H/b14-8-. The van der Waals surface area contributed by atoms with Crippen molar-refractivity contribution in [3.05, 3.63) is 74.3 Å². The van der Waals surface area contributed by atoms with Gasteiger partial charge in [0.1, 0.15) is 21.2 Å². The Balaban J connectivity index is 2.27. The third kappa shape index (κ3) is 3.79. The molecule has 8 nitrogen and oxygen atoms in total. The third-order valence-electron chi connectivity index (χ3n) is 3.54. The SMILES string of the molecule is O=c1cc(/C=C(/c2ccc([N+](=O)[O-])o2)S(=O)(=O)C(Cl)(Cl)Cl)oc2ccccc12. The van der Waals surface area contributed by atoms with Gasteiger partial charge in [0.05, 0.1) is 11.5 Å². The molecule has 28 heavy (non-hydrogen) atoms. The molecule has 2 heterocycles. The summed E-state index contributed by atoms with van der Waals surface area (Å²) in [4.78, 5) is 21.5. The van der Waals surface area contributed by atoms with E-state index in [9.17, 15) is 23.3 Å². The first-order chi connectivity index (χ1) is 13.0. The summed E-state index contributed by atoms with van der Waals surface area (Å²) in [5, 5.41) is 11.1. The van der Waals surface area contributed by atoms with E-state index in [2.05, 4.69) is 0 Å². The highest BCUT2D eigenvalue weighted by Crippen LogP contribution is 2.42. The molecule has 0 unspecified atom stereocenters. The second kappa shape index (κ2) is 7.25. The molecule has 0 N–H and O–H groups in total. The van der Waals surface area contributed by atoms with Gasteiger partial charge in [-0.05, 0) is 18.2 Å². The molecule has 0 radical (unpaired) electrons. The Morgan fingerprint density at radius 1 is 1.11 bits per heavy atom. The quantitative estimate of drug-likeness (QED) is 0.316. The molecule has 1 aromatic carbocycles. The Kier molecular flexibility index (Phi) is 5.28. The predicted octanol–water partition coefficient (Wildman–Crippen LogP) is 4.53. The summed E-state index contributed by atoms with van der Waals surface area (Å²) in [6.45, 7) is 0. The van der Waals surface area contributed by atoms with Crippen LogP contribution in [-0.2, 0) is 9.84 Å². The summed E-state index contributed by atoms with van der Waals surface area (Å²) in [5.74, 6) is -1.37. The van der Waals surface area contributed by atoms with E-state index in [0.29, 0.717) is 0 Å². The number of nitrogens with zero attached hydrogens (tertiary/aromatic N) is 1. The van der Waals surface area contributed by atoms with E-state index >= 15 is 0 Å². The normalized spacial score (nSPS) is 13.0. The number of alkyl halides is 3. The van der Waals surface area contributed by atoms with Gasteiger partial charge in [0, 0.05) is 12.1 Å². The Labute approximate surface area is 172 Å². The lowest BCUT2D eigenvalue weighted by atomic mass is 10.2. The molecule has 0 fully saturated rings. The Hall–Kier alpha value is -2.33. The first kappa shape index (κ1) is 20.4. The van der Waals surface area contributed by atoms with Crippen molar-refractivity contribution in [2.24, 2.45) is 0 Å². The zero-order valence-electron chi connectivity index (χ0n) is 13.5. The van der Waals surface area contributed by atoms with Crippen LogP contribution in [0.2, 0.25) is 0 Å². The van der Waals surface area contributed by atoms with Crippen LogP contribution in [0.25, 0.3) is 22.0 Å². The molecule has 0 aliphatic carbocycles. The van der Waals surface area contributed by atoms with Gasteiger partial charge >= 0.3 is 5.88 Å². The molecular weight excluding hydrogens is 457 g/mol. The zero-order valence-corrected chi connectivity index (χ0v) is 16.6. The van der Waals surface area contributed by atoms with Crippen LogP contribution in [-0.4, -0.2) is 16.5 Å². The van der Waals surface area contributed by atoms with Crippen LogP contribution in [0.5, 0.6) is 0 Å². The molecule has 146 valence electrons. The number of hydrogen-bond donors (Lipinski definition) is 0. The minimum Gasteiger partial charge on any atom is -0.456 e.